The number of hydrogen-bond acceptors (Lipinski definition) is 7. The van der Waals surface area contributed by atoms with Gasteiger partial charge in [0.05, 0.1) is 11.3 Å². The van der Waals surface area contributed by atoms with Crippen LogP contribution in [-0.4, -0.2) is 36.7 Å². The van der Waals surface area contributed by atoms with Gasteiger partial charge in [-0.1, -0.05) is 0 Å². The lowest BCUT2D eigenvalue weighted by Crippen LogP contribution is -2.42. The van der Waals surface area contributed by atoms with Gasteiger partial charge in [0.1, 0.15) is 34.7 Å². The van der Waals surface area contributed by atoms with Crippen LogP contribution in [0.4, 0.5) is 10.1 Å². The van der Waals surface area contributed by atoms with Crippen molar-refractivity contribution in [1.82, 2.24) is 4.98 Å². The molecule has 8 nitrogen and oxygen atoms in total. The highest BCUT2D eigenvalue weighted by atomic mass is 32.2. The first kappa shape index (κ1) is 19.4. The van der Waals surface area contributed by atoms with Crippen LogP contribution in [0.1, 0.15) is 28.5 Å². The molecule has 0 unspecified atom stereocenters. The summed E-state index contributed by atoms with van der Waals surface area (Å²) >= 11 is 0. The summed E-state index contributed by atoms with van der Waals surface area (Å²) in [5.74, 6) is -2.08. The average molecular weight is 401 g/mol. The predicted molar refractivity (Wildman–Crippen MR) is 101 cm³/mol. The van der Waals surface area contributed by atoms with E-state index in [2.05, 4.69) is 15.3 Å². The molecule has 1 amide bonds. The highest BCUT2D eigenvalue weighted by Gasteiger charge is 2.39. The number of hydrogen-bond donors (Lipinski definition) is 2. The Morgan fingerprint density at radius 1 is 1.36 bits per heavy atom. The van der Waals surface area contributed by atoms with E-state index in [-0.39, 0.29) is 28.5 Å². The third-order valence-electron chi connectivity index (χ3n) is 4.19. The summed E-state index contributed by atoms with van der Waals surface area (Å²) in [6.45, 7) is 1.47. The predicted octanol–water partition coefficient (Wildman–Crippen LogP) is 1.35. The lowest BCUT2D eigenvalue weighted by Gasteiger charge is -2.30. The first-order valence-electron chi connectivity index (χ1n) is 8.14. The Bertz CT molecular complexity index is 1120. The number of rotatable bonds is 3. The number of halogens is 1. The summed E-state index contributed by atoms with van der Waals surface area (Å²) in [7, 11) is -3.54. The molecule has 0 spiro atoms. The van der Waals surface area contributed by atoms with Crippen LogP contribution in [0, 0.1) is 17.1 Å². The number of anilines is 1. The van der Waals surface area contributed by atoms with Crippen molar-refractivity contribution in [2.75, 3.05) is 16.8 Å². The molecular formula is C18H16FN5O3S. The molecule has 0 fully saturated rings. The molecule has 2 aromatic rings. The molecule has 1 aromatic heterocycles. The van der Waals surface area contributed by atoms with Crippen LogP contribution in [0.2, 0.25) is 0 Å². The van der Waals surface area contributed by atoms with Crippen LogP contribution in [0.15, 0.2) is 41.5 Å². The first-order chi connectivity index (χ1) is 13.1. The van der Waals surface area contributed by atoms with E-state index in [0.717, 1.165) is 6.07 Å². The van der Waals surface area contributed by atoms with Gasteiger partial charge in [0.15, 0.2) is 9.84 Å². The van der Waals surface area contributed by atoms with Crippen LogP contribution in [0.25, 0.3) is 0 Å². The molecule has 0 bridgehead atoms. The number of carbonyl (C=O) groups is 1. The minimum atomic E-state index is -3.54. The Morgan fingerprint density at radius 2 is 2.11 bits per heavy atom. The van der Waals surface area contributed by atoms with E-state index < -0.39 is 32.9 Å². The summed E-state index contributed by atoms with van der Waals surface area (Å²) in [6, 6.07) is 8.52. The zero-order valence-electron chi connectivity index (χ0n) is 14.8. The highest BCUT2D eigenvalue weighted by Crippen LogP contribution is 2.34. The second kappa shape index (κ2) is 7.01. The maximum atomic E-state index is 14.5. The van der Waals surface area contributed by atoms with Gasteiger partial charge in [0, 0.05) is 17.4 Å². The highest BCUT2D eigenvalue weighted by molar-refractivity contribution is 7.92. The van der Waals surface area contributed by atoms with Gasteiger partial charge in [0.2, 0.25) is 0 Å². The van der Waals surface area contributed by atoms with Crippen molar-refractivity contribution >= 4 is 27.3 Å². The molecule has 3 N–H and O–H groups in total. The number of aliphatic imine (C=N–C) groups is 1. The van der Waals surface area contributed by atoms with Crippen LogP contribution in [0.3, 0.4) is 0 Å². The fraction of sp³-hybridized carbons (Fsp3) is 0.222. The van der Waals surface area contributed by atoms with Crippen molar-refractivity contribution in [2.24, 2.45) is 10.7 Å². The number of pyridine rings is 1. The van der Waals surface area contributed by atoms with Crippen molar-refractivity contribution in [3.05, 3.63) is 59.2 Å². The lowest BCUT2D eigenvalue weighted by atomic mass is 9.93. The van der Waals surface area contributed by atoms with Gasteiger partial charge >= 0.3 is 0 Å². The lowest BCUT2D eigenvalue weighted by molar-refractivity contribution is 0.102. The number of nitrogens with zero attached hydrogens (tertiary/aromatic N) is 3. The molecule has 3 rings (SSSR count). The second-order valence-electron chi connectivity index (χ2n) is 6.60. The third kappa shape index (κ3) is 3.99. The number of nitrogens with one attached hydrogen (secondary N) is 1. The standard InChI is InChI=1S/C18H16FN5O3S/c1-18(10-28(26,27)9-16(21)24-18)13-6-12(3-4-14(13)19)23-17(25)15-5-2-11(7-20)8-22-15/h2-6,8H,9-10H2,1H3,(H2,21,24)(H,23,25)/t18-/m0/s1. The fourth-order valence-corrected chi connectivity index (χ4v) is 4.72. The molecule has 0 saturated carbocycles. The average Bonchev–Trinajstić information content (AvgIpc) is 2.61. The number of amidine groups is 1. The SMILES string of the molecule is C[C@@]1(c2cc(NC(=O)c3ccc(C#N)cn3)ccc2F)CS(=O)(=O)CC(N)=N1. The number of nitriles is 1. The Balaban J connectivity index is 1.92. The van der Waals surface area contributed by atoms with E-state index in [1.54, 1.807) is 0 Å². The van der Waals surface area contributed by atoms with Gasteiger partial charge in [-0.3, -0.25) is 9.79 Å². The first-order valence-corrected chi connectivity index (χ1v) is 9.96. The van der Waals surface area contributed by atoms with Crippen molar-refractivity contribution < 1.29 is 17.6 Å². The van der Waals surface area contributed by atoms with E-state index in [4.69, 9.17) is 11.0 Å². The number of amides is 1. The molecule has 1 aliphatic heterocycles. The summed E-state index contributed by atoms with van der Waals surface area (Å²) in [4.78, 5) is 20.4. The van der Waals surface area contributed by atoms with E-state index in [1.807, 2.05) is 6.07 Å². The molecule has 2 heterocycles. The topological polar surface area (TPSA) is 138 Å². The second-order valence-corrected chi connectivity index (χ2v) is 8.67. The largest absolute Gasteiger partial charge is 0.387 e. The van der Waals surface area contributed by atoms with Gasteiger partial charge in [-0.05, 0) is 37.3 Å². The van der Waals surface area contributed by atoms with Crippen molar-refractivity contribution in [3.8, 4) is 6.07 Å². The minimum Gasteiger partial charge on any atom is -0.387 e. The zero-order chi connectivity index (χ0) is 20.5. The smallest absolute Gasteiger partial charge is 0.274 e. The third-order valence-corrected chi connectivity index (χ3v) is 5.93. The fourth-order valence-electron chi connectivity index (χ4n) is 3.03. The maximum absolute atomic E-state index is 14.5. The quantitative estimate of drug-likeness (QED) is 0.796. The normalized spacial score (nSPS) is 20.7. The molecule has 1 atom stereocenters. The monoisotopic (exact) mass is 401 g/mol. The molecule has 10 heteroatoms. The molecular weight excluding hydrogens is 385 g/mol. The van der Waals surface area contributed by atoms with Crippen LogP contribution in [0.5, 0.6) is 0 Å². The maximum Gasteiger partial charge on any atom is 0.274 e. The van der Waals surface area contributed by atoms with E-state index in [0.29, 0.717) is 5.56 Å². The van der Waals surface area contributed by atoms with Crippen molar-refractivity contribution in [3.63, 3.8) is 0 Å². The molecule has 0 radical (unpaired) electrons. The van der Waals surface area contributed by atoms with Crippen LogP contribution in [-0.2, 0) is 15.4 Å². The van der Waals surface area contributed by atoms with Gasteiger partial charge in [-0.2, -0.15) is 5.26 Å². The number of nitrogens with two attached hydrogens (primary N) is 1. The molecule has 1 aromatic carbocycles. The van der Waals surface area contributed by atoms with E-state index in [1.165, 1.54) is 37.4 Å². The summed E-state index contributed by atoms with van der Waals surface area (Å²) < 4.78 is 38.6. The van der Waals surface area contributed by atoms with Gasteiger partial charge < -0.3 is 11.1 Å². The van der Waals surface area contributed by atoms with Crippen LogP contribution >= 0.6 is 0 Å². The molecule has 0 aliphatic carbocycles. The Hall–Kier alpha value is -3.32. The summed E-state index contributed by atoms with van der Waals surface area (Å²) in [6.07, 6.45) is 1.26. The number of sulfone groups is 1. The van der Waals surface area contributed by atoms with E-state index in [9.17, 15) is 17.6 Å². The van der Waals surface area contributed by atoms with Gasteiger partial charge in [-0.15, -0.1) is 0 Å². The number of benzene rings is 1. The van der Waals surface area contributed by atoms with Crippen molar-refractivity contribution in [1.29, 1.82) is 5.26 Å². The number of carbonyl (C=O) groups excluding carboxylic acids is 1. The Morgan fingerprint density at radius 3 is 2.71 bits per heavy atom. The Kier molecular flexibility index (Phi) is 4.87. The van der Waals surface area contributed by atoms with E-state index >= 15 is 0 Å². The molecule has 0 saturated heterocycles. The molecule has 1 aliphatic rings. The van der Waals surface area contributed by atoms with Gasteiger partial charge in [0.25, 0.3) is 5.91 Å². The minimum absolute atomic E-state index is 0.00399. The summed E-state index contributed by atoms with van der Waals surface area (Å²) in [5.41, 5.74) is 4.86. The summed E-state index contributed by atoms with van der Waals surface area (Å²) in [5, 5.41) is 11.3. The molecule has 28 heavy (non-hydrogen) atoms. The van der Waals surface area contributed by atoms with Crippen LogP contribution < -0.4 is 11.1 Å². The Labute approximate surface area is 160 Å². The van der Waals surface area contributed by atoms with Crippen molar-refractivity contribution in [2.45, 2.75) is 12.5 Å². The number of aromatic nitrogens is 1. The zero-order valence-corrected chi connectivity index (χ0v) is 15.6. The molecule has 144 valence electrons. The van der Waals surface area contributed by atoms with Gasteiger partial charge in [-0.25, -0.2) is 17.8 Å².